The number of aliphatic hydroxyl groups excluding tert-OH is 1. The molecule has 9 heteroatoms. The molecule has 1 aromatic carbocycles. The van der Waals surface area contributed by atoms with Gasteiger partial charge in [-0.3, -0.25) is 4.79 Å². The highest BCUT2D eigenvalue weighted by Crippen LogP contribution is 2.39. The van der Waals surface area contributed by atoms with Gasteiger partial charge >= 0.3 is 5.97 Å². The van der Waals surface area contributed by atoms with Crippen molar-refractivity contribution in [2.24, 2.45) is 5.92 Å². The molecule has 1 aromatic rings. The summed E-state index contributed by atoms with van der Waals surface area (Å²) in [5.74, 6) is -0.234. The molecule has 7 atom stereocenters. The zero-order valence-electron chi connectivity index (χ0n) is 25.1. The minimum absolute atomic E-state index is 0.178. The zero-order chi connectivity index (χ0) is 29.6. The minimum Gasteiger partial charge on any atom is -0.491 e. The lowest BCUT2D eigenvalue weighted by Crippen LogP contribution is -2.41. The number of benzene rings is 1. The summed E-state index contributed by atoms with van der Waals surface area (Å²) in [6.07, 6.45) is 9.38. The third kappa shape index (κ3) is 10.6. The molecule has 0 radical (unpaired) electrons. The van der Waals surface area contributed by atoms with Gasteiger partial charge in [-0.05, 0) is 76.8 Å². The molecule has 4 rings (SSSR count). The summed E-state index contributed by atoms with van der Waals surface area (Å²) in [6, 6.07) is 9.66. The molecule has 42 heavy (non-hydrogen) atoms. The van der Waals surface area contributed by atoms with Crippen LogP contribution in [0.5, 0.6) is 5.75 Å². The Balaban J connectivity index is 1.44. The number of carboxylic acids is 1. The molecule has 2 aliphatic heterocycles. The molecule has 3 fully saturated rings. The number of para-hydroxylation sites is 1. The van der Waals surface area contributed by atoms with E-state index in [1.165, 1.54) is 0 Å². The van der Waals surface area contributed by atoms with Crippen LogP contribution in [0.2, 0.25) is 0 Å². The summed E-state index contributed by atoms with van der Waals surface area (Å²) in [4.78, 5) is 10.9. The van der Waals surface area contributed by atoms with Crippen molar-refractivity contribution in [1.82, 2.24) is 0 Å². The minimum atomic E-state index is -0.766. The van der Waals surface area contributed by atoms with Gasteiger partial charge in [0.2, 0.25) is 0 Å². The number of ether oxygens (including phenoxy) is 6. The molecule has 3 aliphatic rings. The van der Waals surface area contributed by atoms with E-state index >= 15 is 0 Å². The number of carboxylic acid groups (broad SMARTS) is 1. The molecule has 0 aromatic heterocycles. The van der Waals surface area contributed by atoms with E-state index in [2.05, 4.69) is 6.08 Å². The van der Waals surface area contributed by atoms with Crippen molar-refractivity contribution in [2.75, 3.05) is 26.4 Å². The average Bonchev–Trinajstić information content (AvgIpc) is 3.31. The lowest BCUT2D eigenvalue weighted by atomic mass is 9.89. The first kappa shape index (κ1) is 32.9. The van der Waals surface area contributed by atoms with Crippen LogP contribution in [0.25, 0.3) is 0 Å². The molecule has 9 nitrogen and oxygen atoms in total. The molecule has 0 spiro atoms. The van der Waals surface area contributed by atoms with E-state index in [1.54, 1.807) is 0 Å². The number of aliphatic carboxylic acids is 1. The summed E-state index contributed by atoms with van der Waals surface area (Å²) in [7, 11) is 0. The van der Waals surface area contributed by atoms with Crippen LogP contribution >= 0.6 is 0 Å². The Hall–Kier alpha value is -2.01. The number of allylic oxidation sites excluding steroid dienone is 1. The van der Waals surface area contributed by atoms with E-state index in [0.717, 1.165) is 69.1 Å². The monoisotopic (exact) mass is 590 g/mol. The second-order valence-electron chi connectivity index (χ2n) is 11.6. The molecular weight excluding hydrogens is 540 g/mol. The van der Waals surface area contributed by atoms with Crippen molar-refractivity contribution in [3.05, 3.63) is 42.0 Å². The van der Waals surface area contributed by atoms with Crippen LogP contribution in [0.1, 0.15) is 84.0 Å². The first-order valence-electron chi connectivity index (χ1n) is 15.9. The van der Waals surface area contributed by atoms with E-state index in [0.29, 0.717) is 32.7 Å². The van der Waals surface area contributed by atoms with Gasteiger partial charge in [-0.15, -0.1) is 0 Å². The molecule has 2 heterocycles. The summed E-state index contributed by atoms with van der Waals surface area (Å²) in [5.41, 5.74) is 1.12. The smallest absolute Gasteiger partial charge is 0.303 e. The van der Waals surface area contributed by atoms with Crippen molar-refractivity contribution in [3.8, 4) is 5.75 Å². The van der Waals surface area contributed by atoms with E-state index in [1.807, 2.05) is 37.3 Å². The first-order chi connectivity index (χ1) is 20.5. The maximum atomic E-state index is 11.3. The number of aliphatic hydroxyl groups is 1. The van der Waals surface area contributed by atoms with Crippen LogP contribution in [0.3, 0.4) is 0 Å². The lowest BCUT2D eigenvalue weighted by molar-refractivity contribution is -0.225. The largest absolute Gasteiger partial charge is 0.491 e. The fraction of sp³-hybridized carbons (Fsp3) is 0.727. The van der Waals surface area contributed by atoms with Gasteiger partial charge in [0.15, 0.2) is 12.6 Å². The number of carbonyl (C=O) groups is 1. The fourth-order valence-electron chi connectivity index (χ4n) is 6.15. The molecule has 0 bridgehead atoms. The lowest BCUT2D eigenvalue weighted by Gasteiger charge is -2.33. The maximum Gasteiger partial charge on any atom is 0.303 e. The summed E-state index contributed by atoms with van der Waals surface area (Å²) in [6.45, 7) is 3.93. The SMILES string of the molecule is C/C=C(/CCCCCC(=O)O)[C@H]1[C@H](OCC(COc2ccccc2)OC2CCCCO2)[C@@H](OC2CCCCO2)C[C@H]1O. The number of hydrogen-bond acceptors (Lipinski definition) is 8. The van der Waals surface area contributed by atoms with Crippen LogP contribution in [0, 0.1) is 5.92 Å². The Morgan fingerprint density at radius 3 is 2.36 bits per heavy atom. The van der Waals surface area contributed by atoms with E-state index in [9.17, 15) is 9.90 Å². The van der Waals surface area contributed by atoms with Crippen molar-refractivity contribution < 1.29 is 43.4 Å². The van der Waals surface area contributed by atoms with Crippen molar-refractivity contribution in [1.29, 1.82) is 0 Å². The maximum absolute atomic E-state index is 11.3. The quantitative estimate of drug-likeness (QED) is 0.176. The molecule has 2 N–H and O–H groups in total. The molecule has 1 aliphatic carbocycles. The Labute approximate surface area is 250 Å². The van der Waals surface area contributed by atoms with Gasteiger partial charge in [-0.25, -0.2) is 0 Å². The Kier molecular flexibility index (Phi) is 14.1. The second-order valence-corrected chi connectivity index (χ2v) is 11.6. The van der Waals surface area contributed by atoms with Crippen molar-refractivity contribution in [3.63, 3.8) is 0 Å². The predicted molar refractivity (Wildman–Crippen MR) is 157 cm³/mol. The van der Waals surface area contributed by atoms with Crippen molar-refractivity contribution >= 4 is 5.97 Å². The summed E-state index contributed by atoms with van der Waals surface area (Å²) in [5, 5.41) is 20.3. The van der Waals surface area contributed by atoms with Gasteiger partial charge < -0.3 is 38.6 Å². The molecule has 0 amide bonds. The predicted octanol–water partition coefficient (Wildman–Crippen LogP) is 5.64. The Morgan fingerprint density at radius 2 is 1.69 bits per heavy atom. The van der Waals surface area contributed by atoms with Gasteiger partial charge in [0.05, 0.1) is 24.9 Å². The topological polar surface area (TPSA) is 113 Å². The average molecular weight is 591 g/mol. The molecule has 236 valence electrons. The normalized spacial score (nSPS) is 29.3. The van der Waals surface area contributed by atoms with Crippen LogP contribution in [0.15, 0.2) is 42.0 Å². The molecular formula is C33H50O9. The highest BCUT2D eigenvalue weighted by atomic mass is 16.7. The summed E-state index contributed by atoms with van der Waals surface area (Å²) >= 11 is 0. The number of unbranched alkanes of at least 4 members (excludes halogenated alkanes) is 2. The van der Waals surface area contributed by atoms with Gasteiger partial charge in [-0.1, -0.05) is 36.3 Å². The zero-order valence-corrected chi connectivity index (χ0v) is 25.1. The molecule has 2 saturated heterocycles. The van der Waals surface area contributed by atoms with Crippen LogP contribution in [0.4, 0.5) is 0 Å². The summed E-state index contributed by atoms with van der Waals surface area (Å²) < 4.78 is 37.3. The Morgan fingerprint density at radius 1 is 0.976 bits per heavy atom. The standard InChI is InChI=1S/C33H50O9/c1-2-24(13-5-3-8-16-29(35)36)32-27(34)21-28(42-31-18-10-12-20-38-31)33(32)40-23-26(41-30-17-9-11-19-37-30)22-39-25-14-6-4-7-15-25/h2,4,6-7,14-15,26-28,30-34H,3,5,8-13,16-23H2,1H3,(H,35,36)/b24-2-/t26?,27-,28+,30?,31?,32-,33-/m1/s1. The number of hydrogen-bond donors (Lipinski definition) is 2. The van der Waals surface area contributed by atoms with Gasteiger partial charge in [0.25, 0.3) is 0 Å². The van der Waals surface area contributed by atoms with Crippen LogP contribution in [-0.4, -0.2) is 79.6 Å². The molecule has 3 unspecified atom stereocenters. The van der Waals surface area contributed by atoms with Gasteiger partial charge in [0.1, 0.15) is 18.5 Å². The Bertz CT molecular complexity index is 927. The van der Waals surface area contributed by atoms with E-state index in [4.69, 9.17) is 33.5 Å². The van der Waals surface area contributed by atoms with Crippen molar-refractivity contribution in [2.45, 2.75) is 121 Å². The van der Waals surface area contributed by atoms with Crippen LogP contribution < -0.4 is 4.74 Å². The van der Waals surface area contributed by atoms with Gasteiger partial charge in [0, 0.05) is 32.0 Å². The third-order valence-corrected chi connectivity index (χ3v) is 8.36. The van der Waals surface area contributed by atoms with Gasteiger partial charge in [-0.2, -0.15) is 0 Å². The molecule has 1 saturated carbocycles. The van der Waals surface area contributed by atoms with Crippen LogP contribution in [-0.2, 0) is 28.5 Å². The fourth-order valence-corrected chi connectivity index (χ4v) is 6.15. The van der Waals surface area contributed by atoms with E-state index < -0.39 is 12.1 Å². The third-order valence-electron chi connectivity index (χ3n) is 8.36. The van der Waals surface area contributed by atoms with E-state index in [-0.39, 0.29) is 49.8 Å². The first-order valence-corrected chi connectivity index (χ1v) is 15.9. The second kappa shape index (κ2) is 18.0. The highest BCUT2D eigenvalue weighted by molar-refractivity contribution is 5.66. The highest BCUT2D eigenvalue weighted by Gasteiger charge is 2.47. The number of rotatable bonds is 17.